The largest absolute Gasteiger partial charge is 0.383 e. The summed E-state index contributed by atoms with van der Waals surface area (Å²) in [5, 5.41) is 3.18. The molecule has 1 heterocycles. The van der Waals surface area contributed by atoms with Gasteiger partial charge in [-0.1, -0.05) is 6.92 Å². The summed E-state index contributed by atoms with van der Waals surface area (Å²) < 4.78 is 18.2. The van der Waals surface area contributed by atoms with Gasteiger partial charge in [0.15, 0.2) is 0 Å². The lowest BCUT2D eigenvalue weighted by Crippen LogP contribution is -2.25. The van der Waals surface area contributed by atoms with Gasteiger partial charge in [0, 0.05) is 32.8 Å². The topological polar surface area (TPSA) is 37.4 Å². The van der Waals surface area contributed by atoms with Crippen molar-refractivity contribution in [2.45, 2.75) is 13.5 Å². The number of ether oxygens (including phenoxy) is 1. The average Bonchev–Trinajstić information content (AvgIpc) is 2.33. The van der Waals surface area contributed by atoms with Crippen LogP contribution in [0.3, 0.4) is 0 Å². The Balaban J connectivity index is 2.80. The van der Waals surface area contributed by atoms with Gasteiger partial charge in [-0.3, -0.25) is 0 Å². The maximum atomic E-state index is 13.2. The van der Waals surface area contributed by atoms with E-state index < -0.39 is 0 Å². The van der Waals surface area contributed by atoms with Crippen LogP contribution in [0.1, 0.15) is 12.5 Å². The number of rotatable bonds is 7. The summed E-state index contributed by atoms with van der Waals surface area (Å²) >= 11 is 0. The first-order valence-corrected chi connectivity index (χ1v) is 5.74. The second-order valence-corrected chi connectivity index (χ2v) is 3.83. The van der Waals surface area contributed by atoms with Crippen LogP contribution in [0.4, 0.5) is 10.2 Å². The molecule has 0 unspecified atom stereocenters. The number of hydrogen-bond acceptors (Lipinski definition) is 4. The second kappa shape index (κ2) is 7.19. The number of nitrogens with zero attached hydrogens (tertiary/aromatic N) is 2. The Morgan fingerprint density at radius 2 is 2.29 bits per heavy atom. The van der Waals surface area contributed by atoms with Gasteiger partial charge in [-0.25, -0.2) is 9.37 Å². The number of methoxy groups -OCH3 is 1. The van der Waals surface area contributed by atoms with E-state index in [0.717, 1.165) is 24.5 Å². The second-order valence-electron chi connectivity index (χ2n) is 3.83. The highest BCUT2D eigenvalue weighted by atomic mass is 19.1. The molecule has 0 saturated carbocycles. The zero-order valence-electron chi connectivity index (χ0n) is 10.7. The van der Waals surface area contributed by atoms with E-state index in [1.807, 2.05) is 18.9 Å². The third kappa shape index (κ3) is 4.28. The van der Waals surface area contributed by atoms with Gasteiger partial charge >= 0.3 is 0 Å². The van der Waals surface area contributed by atoms with Gasteiger partial charge < -0.3 is 15.0 Å². The van der Waals surface area contributed by atoms with E-state index in [4.69, 9.17) is 4.74 Å². The lowest BCUT2D eigenvalue weighted by atomic mass is 10.2. The van der Waals surface area contributed by atoms with Crippen molar-refractivity contribution in [2.24, 2.45) is 0 Å². The van der Waals surface area contributed by atoms with Crippen LogP contribution in [0.15, 0.2) is 12.3 Å². The number of aromatic nitrogens is 1. The molecule has 0 aliphatic rings. The third-order valence-electron chi connectivity index (χ3n) is 2.47. The molecule has 4 nitrogen and oxygen atoms in total. The minimum Gasteiger partial charge on any atom is -0.383 e. The van der Waals surface area contributed by atoms with Crippen molar-refractivity contribution < 1.29 is 9.13 Å². The van der Waals surface area contributed by atoms with Crippen molar-refractivity contribution in [3.05, 3.63) is 23.6 Å². The van der Waals surface area contributed by atoms with Crippen molar-refractivity contribution in [1.29, 1.82) is 0 Å². The predicted octanol–water partition coefficient (Wildman–Crippen LogP) is 1.41. The summed E-state index contributed by atoms with van der Waals surface area (Å²) in [6.07, 6.45) is 1.24. The molecule has 5 heteroatoms. The molecule has 0 radical (unpaired) electrons. The predicted molar refractivity (Wildman–Crippen MR) is 66.7 cm³/mol. The molecular formula is C12H20FN3O. The third-order valence-corrected chi connectivity index (χ3v) is 2.47. The molecule has 17 heavy (non-hydrogen) atoms. The lowest BCUT2D eigenvalue weighted by Gasteiger charge is -2.20. The number of likely N-dealkylation sites (N-methyl/N-ethyl adjacent to an activating group) is 1. The van der Waals surface area contributed by atoms with E-state index >= 15 is 0 Å². The van der Waals surface area contributed by atoms with Crippen LogP contribution < -0.4 is 10.2 Å². The molecule has 0 aliphatic carbocycles. The minimum atomic E-state index is -0.304. The zero-order valence-corrected chi connectivity index (χ0v) is 10.7. The van der Waals surface area contributed by atoms with Crippen molar-refractivity contribution in [3.8, 4) is 0 Å². The number of hydrogen-bond donors (Lipinski definition) is 1. The number of halogens is 1. The van der Waals surface area contributed by atoms with Crippen molar-refractivity contribution >= 4 is 5.82 Å². The highest BCUT2D eigenvalue weighted by molar-refractivity contribution is 5.46. The van der Waals surface area contributed by atoms with Crippen LogP contribution in [0.5, 0.6) is 0 Å². The van der Waals surface area contributed by atoms with E-state index in [0.29, 0.717) is 13.2 Å². The SMILES string of the molecule is CCNCc1cc(F)cnc1N(C)CCOC. The normalized spacial score (nSPS) is 10.6. The number of pyridine rings is 1. The molecule has 1 aromatic heterocycles. The van der Waals surface area contributed by atoms with Crippen molar-refractivity contribution in [2.75, 3.05) is 38.8 Å². The fourth-order valence-corrected chi connectivity index (χ4v) is 1.54. The van der Waals surface area contributed by atoms with E-state index in [-0.39, 0.29) is 5.82 Å². The molecule has 0 atom stereocenters. The summed E-state index contributed by atoms with van der Waals surface area (Å²) in [7, 11) is 3.58. The highest BCUT2D eigenvalue weighted by Gasteiger charge is 2.09. The molecule has 0 aromatic carbocycles. The van der Waals surface area contributed by atoms with Crippen LogP contribution in [0.2, 0.25) is 0 Å². The van der Waals surface area contributed by atoms with Crippen molar-refractivity contribution in [3.63, 3.8) is 0 Å². The summed E-state index contributed by atoms with van der Waals surface area (Å²) in [5.41, 5.74) is 0.866. The van der Waals surface area contributed by atoms with E-state index in [1.165, 1.54) is 12.3 Å². The van der Waals surface area contributed by atoms with Gasteiger partial charge in [-0.15, -0.1) is 0 Å². The molecule has 1 rings (SSSR count). The average molecular weight is 241 g/mol. The first-order chi connectivity index (χ1) is 8.19. The van der Waals surface area contributed by atoms with Gasteiger partial charge in [-0.2, -0.15) is 0 Å². The number of anilines is 1. The Hall–Kier alpha value is -1.20. The molecule has 96 valence electrons. The fourth-order valence-electron chi connectivity index (χ4n) is 1.54. The van der Waals surface area contributed by atoms with Gasteiger partial charge in [0.1, 0.15) is 11.6 Å². The Bertz CT molecular complexity index is 347. The van der Waals surface area contributed by atoms with E-state index in [2.05, 4.69) is 10.3 Å². The van der Waals surface area contributed by atoms with Crippen LogP contribution in [-0.4, -0.2) is 38.8 Å². The Labute approximate surface area is 102 Å². The first-order valence-electron chi connectivity index (χ1n) is 5.74. The molecule has 1 N–H and O–H groups in total. The summed E-state index contributed by atoms with van der Waals surface area (Å²) in [6.45, 7) is 4.83. The Morgan fingerprint density at radius 3 is 2.94 bits per heavy atom. The molecule has 0 bridgehead atoms. The highest BCUT2D eigenvalue weighted by Crippen LogP contribution is 2.17. The summed E-state index contributed by atoms with van der Waals surface area (Å²) in [4.78, 5) is 6.11. The molecule has 1 aromatic rings. The van der Waals surface area contributed by atoms with Gasteiger partial charge in [0.05, 0.1) is 12.8 Å². The quantitative estimate of drug-likeness (QED) is 0.783. The number of nitrogens with one attached hydrogen (secondary N) is 1. The maximum absolute atomic E-state index is 13.2. The monoisotopic (exact) mass is 241 g/mol. The maximum Gasteiger partial charge on any atom is 0.141 e. The molecule has 0 spiro atoms. The standard InChI is InChI=1S/C12H20FN3O/c1-4-14-8-10-7-11(13)9-15-12(10)16(2)5-6-17-3/h7,9,14H,4-6,8H2,1-3H3. The van der Waals surface area contributed by atoms with E-state index in [1.54, 1.807) is 7.11 Å². The Kier molecular flexibility index (Phi) is 5.86. The zero-order chi connectivity index (χ0) is 12.7. The summed E-state index contributed by atoms with van der Waals surface area (Å²) in [5.74, 6) is 0.492. The van der Waals surface area contributed by atoms with Crippen LogP contribution in [-0.2, 0) is 11.3 Å². The summed E-state index contributed by atoms with van der Waals surface area (Å²) in [6, 6.07) is 1.52. The van der Waals surface area contributed by atoms with Crippen LogP contribution >= 0.6 is 0 Å². The Morgan fingerprint density at radius 1 is 1.53 bits per heavy atom. The smallest absolute Gasteiger partial charge is 0.141 e. The lowest BCUT2D eigenvalue weighted by molar-refractivity contribution is 0.206. The molecular weight excluding hydrogens is 221 g/mol. The molecule has 0 amide bonds. The molecule has 0 fully saturated rings. The first kappa shape index (κ1) is 13.9. The molecule has 0 aliphatic heterocycles. The van der Waals surface area contributed by atoms with Gasteiger partial charge in [0.2, 0.25) is 0 Å². The van der Waals surface area contributed by atoms with Crippen LogP contribution in [0, 0.1) is 5.82 Å². The molecule has 0 saturated heterocycles. The minimum absolute atomic E-state index is 0.304. The van der Waals surface area contributed by atoms with Crippen molar-refractivity contribution in [1.82, 2.24) is 10.3 Å². The fraction of sp³-hybridized carbons (Fsp3) is 0.583. The van der Waals surface area contributed by atoms with Gasteiger partial charge in [-0.05, 0) is 12.6 Å². The van der Waals surface area contributed by atoms with E-state index in [9.17, 15) is 4.39 Å². The van der Waals surface area contributed by atoms with Crippen LogP contribution in [0.25, 0.3) is 0 Å². The van der Waals surface area contributed by atoms with Gasteiger partial charge in [0.25, 0.3) is 0 Å².